The third-order valence-corrected chi connectivity index (χ3v) is 3.14. The molecule has 1 unspecified atom stereocenters. The van der Waals surface area contributed by atoms with Gasteiger partial charge in [-0.2, -0.15) is 5.10 Å². The number of nitrogens with zero attached hydrogens (tertiary/aromatic N) is 2. The van der Waals surface area contributed by atoms with Gasteiger partial charge in [-0.05, 0) is 32.2 Å². The number of rotatable bonds is 5. The number of carbonyl (C=O) groups is 1. The molecule has 0 saturated heterocycles. The molecular weight excluding hydrogens is 206 g/mol. The quantitative estimate of drug-likeness (QED) is 0.776. The highest BCUT2D eigenvalue weighted by Gasteiger charge is 2.27. The van der Waals surface area contributed by atoms with Crippen molar-refractivity contribution in [2.45, 2.75) is 25.8 Å². The third-order valence-electron chi connectivity index (χ3n) is 3.14. The predicted octanol–water partition coefficient (Wildman–Crippen LogP) is 0.854. The molecule has 1 aliphatic carbocycles. The van der Waals surface area contributed by atoms with Crippen LogP contribution in [0, 0.1) is 12.8 Å². The largest absolute Gasteiger partial charge is 0.480 e. The minimum absolute atomic E-state index is 0.630. The Morgan fingerprint density at radius 3 is 2.88 bits per heavy atom. The molecule has 2 rings (SSSR count). The zero-order valence-corrected chi connectivity index (χ0v) is 9.60. The normalized spacial score (nSPS) is 17.4. The SMILES string of the molecule is Cc1c(C(NCC2CC2)C(=O)O)cnn1C. The van der Waals surface area contributed by atoms with Gasteiger partial charge in [0.05, 0.1) is 6.20 Å². The van der Waals surface area contributed by atoms with Gasteiger partial charge in [-0.15, -0.1) is 0 Å². The van der Waals surface area contributed by atoms with Gasteiger partial charge in [-0.25, -0.2) is 0 Å². The van der Waals surface area contributed by atoms with E-state index in [1.165, 1.54) is 12.8 Å². The van der Waals surface area contributed by atoms with Crippen LogP contribution in [0.4, 0.5) is 0 Å². The number of carboxylic acid groups (broad SMARTS) is 1. The molecule has 88 valence electrons. The first-order valence-corrected chi connectivity index (χ1v) is 5.54. The number of aryl methyl sites for hydroxylation is 1. The number of hydrogen-bond acceptors (Lipinski definition) is 3. The van der Waals surface area contributed by atoms with E-state index in [2.05, 4.69) is 10.4 Å². The average molecular weight is 223 g/mol. The van der Waals surface area contributed by atoms with Gasteiger partial charge in [-0.1, -0.05) is 0 Å². The Morgan fingerprint density at radius 1 is 1.75 bits per heavy atom. The van der Waals surface area contributed by atoms with E-state index in [1.807, 2.05) is 14.0 Å². The second kappa shape index (κ2) is 4.25. The maximum atomic E-state index is 11.2. The first-order chi connectivity index (χ1) is 7.59. The molecule has 2 N–H and O–H groups in total. The van der Waals surface area contributed by atoms with Crippen LogP contribution in [0.2, 0.25) is 0 Å². The van der Waals surface area contributed by atoms with Crippen molar-refractivity contribution in [2.75, 3.05) is 6.54 Å². The number of carboxylic acids is 1. The van der Waals surface area contributed by atoms with Crippen molar-refractivity contribution in [1.29, 1.82) is 0 Å². The molecular formula is C11H17N3O2. The zero-order chi connectivity index (χ0) is 11.7. The maximum absolute atomic E-state index is 11.2. The number of aromatic nitrogens is 2. The Bertz CT molecular complexity index is 396. The molecule has 5 nitrogen and oxygen atoms in total. The number of hydrogen-bond donors (Lipinski definition) is 2. The molecule has 1 atom stereocenters. The second-order valence-electron chi connectivity index (χ2n) is 4.43. The van der Waals surface area contributed by atoms with E-state index < -0.39 is 12.0 Å². The second-order valence-corrected chi connectivity index (χ2v) is 4.43. The van der Waals surface area contributed by atoms with Crippen LogP contribution in [-0.2, 0) is 11.8 Å². The Kier molecular flexibility index (Phi) is 2.96. The van der Waals surface area contributed by atoms with Gasteiger partial charge in [0.2, 0.25) is 0 Å². The lowest BCUT2D eigenvalue weighted by atomic mass is 10.1. The van der Waals surface area contributed by atoms with Crippen LogP contribution in [-0.4, -0.2) is 27.4 Å². The van der Waals surface area contributed by atoms with Crippen LogP contribution in [0.1, 0.15) is 30.1 Å². The van der Waals surface area contributed by atoms with Gasteiger partial charge in [-0.3, -0.25) is 9.48 Å². The highest BCUT2D eigenvalue weighted by atomic mass is 16.4. The van der Waals surface area contributed by atoms with Crippen molar-refractivity contribution in [2.24, 2.45) is 13.0 Å². The van der Waals surface area contributed by atoms with Gasteiger partial charge in [0.1, 0.15) is 6.04 Å². The Morgan fingerprint density at radius 2 is 2.44 bits per heavy atom. The molecule has 0 aromatic carbocycles. The summed E-state index contributed by atoms with van der Waals surface area (Å²) in [5, 5.41) is 16.4. The molecule has 1 saturated carbocycles. The fourth-order valence-corrected chi connectivity index (χ4v) is 1.74. The third kappa shape index (κ3) is 2.24. The van der Waals surface area contributed by atoms with E-state index in [-0.39, 0.29) is 0 Å². The van der Waals surface area contributed by atoms with Gasteiger partial charge >= 0.3 is 5.97 Å². The maximum Gasteiger partial charge on any atom is 0.325 e. The summed E-state index contributed by atoms with van der Waals surface area (Å²) in [6.45, 7) is 2.67. The molecule has 0 bridgehead atoms. The molecule has 5 heteroatoms. The highest BCUT2D eigenvalue weighted by Crippen LogP contribution is 2.29. The van der Waals surface area contributed by atoms with Crippen molar-refractivity contribution < 1.29 is 9.90 Å². The van der Waals surface area contributed by atoms with E-state index in [0.29, 0.717) is 5.92 Å². The van der Waals surface area contributed by atoms with E-state index in [1.54, 1.807) is 10.9 Å². The van der Waals surface area contributed by atoms with Crippen LogP contribution >= 0.6 is 0 Å². The predicted molar refractivity (Wildman–Crippen MR) is 59.0 cm³/mol. The summed E-state index contributed by atoms with van der Waals surface area (Å²) in [5.41, 5.74) is 1.66. The smallest absolute Gasteiger partial charge is 0.325 e. The van der Waals surface area contributed by atoms with Crippen LogP contribution in [0.3, 0.4) is 0 Å². The molecule has 1 aromatic heterocycles. The van der Waals surface area contributed by atoms with Crippen LogP contribution in [0.25, 0.3) is 0 Å². The fourth-order valence-electron chi connectivity index (χ4n) is 1.74. The molecule has 0 amide bonds. The van der Waals surface area contributed by atoms with E-state index in [9.17, 15) is 9.90 Å². The van der Waals surface area contributed by atoms with Crippen molar-refractivity contribution in [1.82, 2.24) is 15.1 Å². The summed E-state index contributed by atoms with van der Waals surface area (Å²) in [4.78, 5) is 11.2. The van der Waals surface area contributed by atoms with Crippen molar-refractivity contribution in [3.05, 3.63) is 17.5 Å². The van der Waals surface area contributed by atoms with E-state index in [4.69, 9.17) is 0 Å². The first kappa shape index (κ1) is 11.1. The minimum Gasteiger partial charge on any atom is -0.480 e. The van der Waals surface area contributed by atoms with Crippen LogP contribution < -0.4 is 5.32 Å². The summed E-state index contributed by atoms with van der Waals surface area (Å²) in [6, 6.07) is -0.630. The molecule has 0 aliphatic heterocycles. The summed E-state index contributed by atoms with van der Waals surface area (Å²) in [5.74, 6) is -0.171. The van der Waals surface area contributed by atoms with Gasteiger partial charge in [0.15, 0.2) is 0 Å². The van der Waals surface area contributed by atoms with Crippen LogP contribution in [0.5, 0.6) is 0 Å². The zero-order valence-electron chi connectivity index (χ0n) is 9.60. The van der Waals surface area contributed by atoms with E-state index >= 15 is 0 Å². The van der Waals surface area contributed by atoms with Crippen molar-refractivity contribution in [3.63, 3.8) is 0 Å². The summed E-state index contributed by atoms with van der Waals surface area (Å²) >= 11 is 0. The molecule has 1 aromatic rings. The Balaban J connectivity index is 2.11. The first-order valence-electron chi connectivity index (χ1n) is 5.54. The lowest BCUT2D eigenvalue weighted by molar-refractivity contribution is -0.139. The number of aliphatic carboxylic acids is 1. The fraction of sp³-hybridized carbons (Fsp3) is 0.636. The van der Waals surface area contributed by atoms with Gasteiger partial charge < -0.3 is 10.4 Å². The molecule has 1 aliphatic rings. The van der Waals surface area contributed by atoms with Crippen LogP contribution in [0.15, 0.2) is 6.20 Å². The Hall–Kier alpha value is -1.36. The Labute approximate surface area is 94.5 Å². The molecule has 0 spiro atoms. The topological polar surface area (TPSA) is 67.2 Å². The van der Waals surface area contributed by atoms with Gasteiger partial charge in [0, 0.05) is 18.3 Å². The van der Waals surface area contributed by atoms with Gasteiger partial charge in [0.25, 0.3) is 0 Å². The number of nitrogens with one attached hydrogen (secondary N) is 1. The molecule has 1 fully saturated rings. The lowest BCUT2D eigenvalue weighted by Gasteiger charge is -2.13. The molecule has 0 radical (unpaired) electrons. The average Bonchev–Trinajstić information content (AvgIpc) is 2.99. The summed E-state index contributed by atoms with van der Waals surface area (Å²) in [6.07, 6.45) is 4.06. The molecule has 16 heavy (non-hydrogen) atoms. The highest BCUT2D eigenvalue weighted by molar-refractivity contribution is 5.75. The van der Waals surface area contributed by atoms with Crippen molar-refractivity contribution >= 4 is 5.97 Å². The summed E-state index contributed by atoms with van der Waals surface area (Å²) in [7, 11) is 1.82. The minimum atomic E-state index is -0.836. The molecule has 1 heterocycles. The standard InChI is InChI=1S/C11H17N3O2/c1-7-9(6-13-14(7)2)10(11(15)16)12-5-8-3-4-8/h6,8,10,12H,3-5H2,1-2H3,(H,15,16). The monoisotopic (exact) mass is 223 g/mol. The van der Waals surface area contributed by atoms with E-state index in [0.717, 1.165) is 17.8 Å². The lowest BCUT2D eigenvalue weighted by Crippen LogP contribution is -2.30. The summed E-state index contributed by atoms with van der Waals surface area (Å²) < 4.78 is 1.70. The van der Waals surface area contributed by atoms with Crippen molar-refractivity contribution in [3.8, 4) is 0 Å².